The van der Waals surface area contributed by atoms with Crippen molar-refractivity contribution < 1.29 is 50.0 Å². The Balaban J connectivity index is 2.09. The van der Waals surface area contributed by atoms with Gasteiger partial charge in [0.2, 0.25) is 0 Å². The molecule has 0 aromatic heterocycles. The zero-order chi connectivity index (χ0) is 21.7. The fourth-order valence-electron chi connectivity index (χ4n) is 3.39. The third-order valence-corrected chi connectivity index (χ3v) is 5.03. The van der Waals surface area contributed by atoms with Crippen molar-refractivity contribution in [2.75, 3.05) is 19.8 Å². The third kappa shape index (κ3) is 5.61. The highest BCUT2D eigenvalue weighted by Gasteiger charge is 2.50. The van der Waals surface area contributed by atoms with E-state index in [0.29, 0.717) is 12.3 Å². The Labute approximate surface area is 168 Å². The van der Waals surface area contributed by atoms with Gasteiger partial charge in [-0.1, -0.05) is 0 Å². The van der Waals surface area contributed by atoms with Crippen LogP contribution in [-0.2, 0) is 14.2 Å². The van der Waals surface area contributed by atoms with Crippen LogP contribution in [-0.4, -0.2) is 122 Å². The van der Waals surface area contributed by atoms with E-state index in [1.165, 1.54) is 0 Å². The molecule has 0 aromatic rings. The number of hydrazone groups is 1. The molecule has 2 heterocycles. The number of hydrogen-bond acceptors (Lipinski definition) is 12. The summed E-state index contributed by atoms with van der Waals surface area (Å²) >= 11 is 0. The van der Waals surface area contributed by atoms with Gasteiger partial charge in [0.05, 0.1) is 19.3 Å². The van der Waals surface area contributed by atoms with Crippen LogP contribution in [0.5, 0.6) is 0 Å². The minimum Gasteiger partial charge on any atom is -0.394 e. The predicted molar refractivity (Wildman–Crippen MR) is 97.8 cm³/mol. The average Bonchev–Trinajstić information content (AvgIpc) is 2.71. The predicted octanol–water partition coefficient (Wildman–Crippen LogP) is -3.97. The van der Waals surface area contributed by atoms with Gasteiger partial charge >= 0.3 is 0 Å². The number of nitrogens with one attached hydrogen (secondary N) is 1. The molecule has 0 aromatic carbocycles. The summed E-state index contributed by atoms with van der Waals surface area (Å²) < 4.78 is 16.4. The fraction of sp³-hybridized carbons (Fsp3) is 0.941. The lowest BCUT2D eigenvalue weighted by Crippen LogP contribution is -2.64. The minimum absolute atomic E-state index is 0.189. The van der Waals surface area contributed by atoms with Crippen LogP contribution in [0, 0.1) is 0 Å². The molecule has 0 spiro atoms. The van der Waals surface area contributed by atoms with Crippen LogP contribution < -0.4 is 5.43 Å². The molecule has 10 atom stereocenters. The van der Waals surface area contributed by atoms with Gasteiger partial charge in [0.25, 0.3) is 0 Å². The van der Waals surface area contributed by atoms with Gasteiger partial charge in [0.1, 0.15) is 48.8 Å². The van der Waals surface area contributed by atoms with Gasteiger partial charge in [0, 0.05) is 18.7 Å². The molecule has 12 nitrogen and oxygen atoms in total. The molecule has 12 heteroatoms. The van der Waals surface area contributed by atoms with E-state index in [0.717, 1.165) is 0 Å². The van der Waals surface area contributed by atoms with Crippen LogP contribution >= 0.6 is 0 Å². The van der Waals surface area contributed by atoms with E-state index in [9.17, 15) is 35.7 Å². The van der Waals surface area contributed by atoms with E-state index in [1.807, 2.05) is 6.92 Å². The average molecular weight is 424 g/mol. The monoisotopic (exact) mass is 424 g/mol. The topological polar surface area (TPSA) is 194 Å². The van der Waals surface area contributed by atoms with E-state index in [-0.39, 0.29) is 6.42 Å². The van der Waals surface area contributed by atoms with E-state index in [2.05, 4.69) is 10.5 Å². The van der Waals surface area contributed by atoms with Crippen LogP contribution in [0.3, 0.4) is 0 Å². The maximum absolute atomic E-state index is 10.5. The quantitative estimate of drug-likeness (QED) is 0.140. The molecule has 0 bridgehead atoms. The van der Waals surface area contributed by atoms with Crippen molar-refractivity contribution in [3.05, 3.63) is 0 Å². The van der Waals surface area contributed by atoms with E-state index in [1.54, 1.807) is 6.92 Å². The molecular weight excluding hydrogens is 392 g/mol. The largest absolute Gasteiger partial charge is 0.394 e. The van der Waals surface area contributed by atoms with Crippen molar-refractivity contribution >= 4 is 5.71 Å². The Bertz CT molecular complexity index is 534. The van der Waals surface area contributed by atoms with E-state index in [4.69, 9.17) is 14.2 Å². The standard InChI is InChI=1S/C17H32N2O10/c1-3-18-19-7(2)4-8-11(22)14(25)16(10(6-21)27-8)29-17-15(26)13(24)12(23)9(5-20)28-17/h8-18,20-26H,3-6H2,1-2H3/b19-7+. The summed E-state index contributed by atoms with van der Waals surface area (Å²) in [6.45, 7) is 2.99. The second-order valence-electron chi connectivity index (χ2n) is 7.24. The summed E-state index contributed by atoms with van der Waals surface area (Å²) in [6.07, 6.45) is -13.6. The van der Waals surface area contributed by atoms with Crippen LogP contribution in [0.4, 0.5) is 0 Å². The number of aliphatic hydroxyl groups excluding tert-OH is 7. The van der Waals surface area contributed by atoms with Gasteiger partial charge in [-0.2, -0.15) is 5.10 Å². The smallest absolute Gasteiger partial charge is 0.187 e. The number of rotatable bonds is 8. The summed E-state index contributed by atoms with van der Waals surface area (Å²) in [5.41, 5.74) is 3.40. The highest BCUT2D eigenvalue weighted by molar-refractivity contribution is 5.82. The maximum Gasteiger partial charge on any atom is 0.187 e. The van der Waals surface area contributed by atoms with Crippen molar-refractivity contribution in [3.8, 4) is 0 Å². The van der Waals surface area contributed by atoms with Gasteiger partial charge < -0.3 is 55.4 Å². The second-order valence-corrected chi connectivity index (χ2v) is 7.24. The summed E-state index contributed by atoms with van der Waals surface area (Å²) in [7, 11) is 0. The molecule has 2 fully saturated rings. The third-order valence-electron chi connectivity index (χ3n) is 5.03. The van der Waals surface area contributed by atoms with Crippen molar-refractivity contribution in [1.82, 2.24) is 5.43 Å². The first-order chi connectivity index (χ1) is 13.7. The molecule has 0 radical (unpaired) electrons. The lowest BCUT2D eigenvalue weighted by Gasteiger charge is -2.46. The highest BCUT2D eigenvalue weighted by Crippen LogP contribution is 2.30. The lowest BCUT2D eigenvalue weighted by atomic mass is 9.92. The normalized spacial score (nSPS) is 44.0. The minimum atomic E-state index is -1.69. The Hall–Kier alpha value is -0.930. The molecule has 0 saturated carbocycles. The fourth-order valence-corrected chi connectivity index (χ4v) is 3.39. The Morgan fingerprint density at radius 2 is 1.48 bits per heavy atom. The van der Waals surface area contributed by atoms with Crippen molar-refractivity contribution in [2.24, 2.45) is 5.10 Å². The second kappa shape index (κ2) is 10.9. The van der Waals surface area contributed by atoms with Crippen molar-refractivity contribution in [1.29, 1.82) is 0 Å². The Morgan fingerprint density at radius 1 is 0.862 bits per heavy atom. The van der Waals surface area contributed by atoms with Crippen LogP contribution in [0.25, 0.3) is 0 Å². The number of ether oxygens (including phenoxy) is 3. The molecule has 2 aliphatic heterocycles. The van der Waals surface area contributed by atoms with Crippen molar-refractivity contribution in [3.63, 3.8) is 0 Å². The van der Waals surface area contributed by atoms with E-state index >= 15 is 0 Å². The molecule has 0 amide bonds. The zero-order valence-corrected chi connectivity index (χ0v) is 16.4. The number of hydrogen-bond donors (Lipinski definition) is 8. The molecule has 0 aliphatic carbocycles. The number of nitrogens with zero attached hydrogens (tertiary/aromatic N) is 1. The summed E-state index contributed by atoms with van der Waals surface area (Å²) in [6, 6.07) is 0. The van der Waals surface area contributed by atoms with Gasteiger partial charge in [-0.25, -0.2) is 0 Å². The molecule has 29 heavy (non-hydrogen) atoms. The molecule has 2 rings (SSSR count). The van der Waals surface area contributed by atoms with Gasteiger partial charge in [-0.15, -0.1) is 0 Å². The first kappa shape index (κ1) is 24.3. The molecular formula is C17H32N2O10. The molecule has 2 saturated heterocycles. The Kier molecular flexibility index (Phi) is 9.15. The molecule has 8 N–H and O–H groups in total. The first-order valence-corrected chi connectivity index (χ1v) is 9.59. The van der Waals surface area contributed by atoms with Crippen LogP contribution in [0.1, 0.15) is 20.3 Å². The van der Waals surface area contributed by atoms with E-state index < -0.39 is 74.4 Å². The summed E-state index contributed by atoms with van der Waals surface area (Å²) in [5, 5.41) is 73.8. The molecule has 2 aliphatic rings. The highest BCUT2D eigenvalue weighted by atomic mass is 16.7. The first-order valence-electron chi connectivity index (χ1n) is 9.59. The van der Waals surface area contributed by atoms with Crippen LogP contribution in [0.15, 0.2) is 5.10 Å². The molecule has 170 valence electrons. The Morgan fingerprint density at radius 3 is 2.07 bits per heavy atom. The number of aliphatic hydroxyl groups is 7. The lowest BCUT2D eigenvalue weighted by molar-refractivity contribution is -0.341. The SMILES string of the molecule is CCN/N=C(\C)CC1OC(CO)C(OC2OC(CO)C(O)C(O)C2O)C(O)C1O. The summed E-state index contributed by atoms with van der Waals surface area (Å²) in [4.78, 5) is 0. The van der Waals surface area contributed by atoms with Crippen LogP contribution in [0.2, 0.25) is 0 Å². The van der Waals surface area contributed by atoms with Gasteiger partial charge in [0.15, 0.2) is 6.29 Å². The zero-order valence-electron chi connectivity index (χ0n) is 16.4. The van der Waals surface area contributed by atoms with Gasteiger partial charge in [-0.05, 0) is 13.8 Å². The molecule has 10 unspecified atom stereocenters. The maximum atomic E-state index is 10.5. The summed E-state index contributed by atoms with van der Waals surface area (Å²) in [5.74, 6) is 0. The van der Waals surface area contributed by atoms with Crippen molar-refractivity contribution in [2.45, 2.75) is 81.5 Å². The van der Waals surface area contributed by atoms with Gasteiger partial charge in [-0.3, -0.25) is 0 Å².